The Morgan fingerprint density at radius 3 is 3.08 bits per heavy atom. The summed E-state index contributed by atoms with van der Waals surface area (Å²) in [4.78, 5) is 8.04. The van der Waals surface area contributed by atoms with Crippen LogP contribution in [0.3, 0.4) is 0 Å². The molecule has 0 aromatic carbocycles. The predicted octanol–water partition coefficient (Wildman–Crippen LogP) is -0.966. The second-order valence-electron chi connectivity index (χ2n) is 2.72. The highest BCUT2D eigenvalue weighted by Crippen LogP contribution is 2.27. The first-order valence-corrected chi connectivity index (χ1v) is 3.58. The third-order valence-corrected chi connectivity index (χ3v) is 1.96. The van der Waals surface area contributed by atoms with Gasteiger partial charge in [-0.3, -0.25) is 0 Å². The molecule has 0 radical (unpaired) electrons. The van der Waals surface area contributed by atoms with Crippen LogP contribution in [0, 0.1) is 0 Å². The molecule has 0 amide bonds. The Bertz CT molecular complexity index is 287. The molecular formula is C6H10N4O2. The fourth-order valence-corrected chi connectivity index (χ4v) is 1.18. The molecule has 1 aromatic rings. The van der Waals surface area contributed by atoms with Crippen molar-refractivity contribution in [3.05, 3.63) is 12.0 Å². The van der Waals surface area contributed by atoms with Crippen LogP contribution in [-0.4, -0.2) is 38.5 Å². The largest absolute Gasteiger partial charge is 0.372 e. The first-order valence-electron chi connectivity index (χ1n) is 3.58. The molecule has 0 bridgehead atoms. The number of aromatic amines is 1. The van der Waals surface area contributed by atoms with Crippen molar-refractivity contribution in [1.82, 2.24) is 14.9 Å². The molecule has 1 aliphatic heterocycles. The van der Waals surface area contributed by atoms with Crippen LogP contribution in [0.5, 0.6) is 0 Å². The predicted molar refractivity (Wildman–Crippen MR) is 40.9 cm³/mol. The van der Waals surface area contributed by atoms with E-state index in [4.69, 9.17) is 0 Å². The Morgan fingerprint density at radius 2 is 2.33 bits per heavy atom. The minimum absolute atomic E-state index is 0.494. The lowest BCUT2D eigenvalue weighted by molar-refractivity contribution is -0.0828. The first kappa shape index (κ1) is 7.53. The van der Waals surface area contributed by atoms with Crippen molar-refractivity contribution >= 4 is 5.82 Å². The van der Waals surface area contributed by atoms with Gasteiger partial charge in [0.15, 0.2) is 18.4 Å². The summed E-state index contributed by atoms with van der Waals surface area (Å²) in [5.74, 6) is 0.494. The number of aliphatic hydroxyl groups is 2. The molecule has 0 spiro atoms. The number of H-pyrrole nitrogens is 1. The molecule has 0 aliphatic carbocycles. The van der Waals surface area contributed by atoms with Gasteiger partial charge in [0.2, 0.25) is 0 Å². The van der Waals surface area contributed by atoms with Crippen LogP contribution >= 0.6 is 0 Å². The van der Waals surface area contributed by atoms with Gasteiger partial charge in [-0.2, -0.15) is 0 Å². The number of hydrogen-bond donors (Lipinski definition) is 4. The van der Waals surface area contributed by atoms with Gasteiger partial charge in [-0.15, -0.1) is 0 Å². The van der Waals surface area contributed by atoms with Gasteiger partial charge >= 0.3 is 0 Å². The van der Waals surface area contributed by atoms with E-state index >= 15 is 0 Å². The molecule has 12 heavy (non-hydrogen) atoms. The van der Waals surface area contributed by atoms with Gasteiger partial charge in [-0.1, -0.05) is 0 Å². The van der Waals surface area contributed by atoms with Crippen molar-refractivity contribution in [2.45, 2.75) is 12.6 Å². The normalized spacial score (nSPS) is 29.6. The summed E-state index contributed by atoms with van der Waals surface area (Å²) in [6.45, 7) is 0. The van der Waals surface area contributed by atoms with E-state index in [1.54, 1.807) is 7.05 Å². The summed E-state index contributed by atoms with van der Waals surface area (Å²) in [6, 6.07) is 0. The second-order valence-corrected chi connectivity index (χ2v) is 2.72. The van der Waals surface area contributed by atoms with E-state index in [0.29, 0.717) is 11.5 Å². The summed E-state index contributed by atoms with van der Waals surface area (Å²) in [5.41, 5.74) is 0.572. The van der Waals surface area contributed by atoms with Crippen LogP contribution in [0.4, 0.5) is 5.82 Å². The molecule has 6 nitrogen and oxygen atoms in total. The standard InChI is InChI=1S/C6H10N4O2/c1-10-5(11)3-4(8-2-7-3)9-6(10)12/h2,5-6,9,11-12H,1H3,(H,7,8). The lowest BCUT2D eigenvalue weighted by Gasteiger charge is -2.33. The molecule has 2 atom stereocenters. The Kier molecular flexibility index (Phi) is 1.53. The molecule has 0 saturated carbocycles. The molecule has 1 aromatic heterocycles. The van der Waals surface area contributed by atoms with Crippen molar-refractivity contribution in [1.29, 1.82) is 0 Å². The molecule has 0 saturated heterocycles. The minimum Gasteiger partial charge on any atom is -0.372 e. The number of anilines is 1. The van der Waals surface area contributed by atoms with Crippen molar-refractivity contribution < 1.29 is 10.2 Å². The summed E-state index contributed by atoms with van der Waals surface area (Å²) in [7, 11) is 1.60. The van der Waals surface area contributed by atoms with E-state index in [1.165, 1.54) is 11.2 Å². The van der Waals surface area contributed by atoms with Crippen LogP contribution in [0.15, 0.2) is 6.33 Å². The summed E-state index contributed by atoms with van der Waals surface area (Å²) in [6.07, 6.45) is -0.262. The molecule has 1 aliphatic rings. The van der Waals surface area contributed by atoms with E-state index in [2.05, 4.69) is 15.3 Å². The van der Waals surface area contributed by atoms with E-state index in [-0.39, 0.29) is 0 Å². The zero-order valence-electron chi connectivity index (χ0n) is 6.52. The van der Waals surface area contributed by atoms with E-state index < -0.39 is 12.6 Å². The third-order valence-electron chi connectivity index (χ3n) is 1.96. The molecular weight excluding hydrogens is 160 g/mol. The maximum atomic E-state index is 9.54. The first-order chi connectivity index (χ1) is 5.70. The molecule has 2 heterocycles. The van der Waals surface area contributed by atoms with Crippen LogP contribution in [0.1, 0.15) is 11.9 Å². The molecule has 66 valence electrons. The highest BCUT2D eigenvalue weighted by atomic mass is 16.3. The third kappa shape index (κ3) is 0.893. The lowest BCUT2D eigenvalue weighted by atomic mass is 10.3. The van der Waals surface area contributed by atoms with Gasteiger partial charge < -0.3 is 20.5 Å². The fraction of sp³-hybridized carbons (Fsp3) is 0.500. The number of aliphatic hydroxyl groups excluding tert-OH is 2. The fourth-order valence-electron chi connectivity index (χ4n) is 1.18. The smallest absolute Gasteiger partial charge is 0.187 e. The van der Waals surface area contributed by atoms with Crippen molar-refractivity contribution in [3.8, 4) is 0 Å². The number of hydrogen-bond acceptors (Lipinski definition) is 5. The summed E-state index contributed by atoms with van der Waals surface area (Å²) in [5, 5.41) is 21.6. The quantitative estimate of drug-likeness (QED) is 0.403. The van der Waals surface area contributed by atoms with Crippen molar-refractivity contribution in [2.75, 3.05) is 12.4 Å². The second kappa shape index (κ2) is 2.44. The van der Waals surface area contributed by atoms with Crippen molar-refractivity contribution in [3.63, 3.8) is 0 Å². The number of nitrogens with zero attached hydrogens (tertiary/aromatic N) is 2. The van der Waals surface area contributed by atoms with Gasteiger partial charge in [0.25, 0.3) is 0 Å². The highest BCUT2D eigenvalue weighted by molar-refractivity contribution is 5.43. The Balaban J connectivity index is 2.39. The van der Waals surface area contributed by atoms with Gasteiger partial charge in [-0.25, -0.2) is 9.88 Å². The molecule has 0 fully saturated rings. The zero-order valence-corrected chi connectivity index (χ0v) is 6.52. The SMILES string of the molecule is CN1C(O)Nc2nc[nH]c2C1O. The number of fused-ring (bicyclic) bond motifs is 1. The van der Waals surface area contributed by atoms with E-state index in [1.807, 2.05) is 0 Å². The van der Waals surface area contributed by atoms with Gasteiger partial charge in [-0.05, 0) is 7.05 Å². The van der Waals surface area contributed by atoms with Gasteiger partial charge in [0, 0.05) is 0 Å². The molecule has 4 N–H and O–H groups in total. The maximum Gasteiger partial charge on any atom is 0.187 e. The van der Waals surface area contributed by atoms with Gasteiger partial charge in [0.1, 0.15) is 5.69 Å². The number of nitrogens with one attached hydrogen (secondary N) is 2. The lowest BCUT2D eigenvalue weighted by Crippen LogP contribution is -2.44. The average Bonchev–Trinajstić information content (AvgIpc) is 2.48. The Hall–Kier alpha value is -1.11. The van der Waals surface area contributed by atoms with E-state index in [0.717, 1.165) is 0 Å². The Morgan fingerprint density at radius 1 is 1.58 bits per heavy atom. The number of rotatable bonds is 0. The van der Waals surface area contributed by atoms with Crippen molar-refractivity contribution in [2.24, 2.45) is 0 Å². The zero-order chi connectivity index (χ0) is 8.72. The average molecular weight is 170 g/mol. The van der Waals surface area contributed by atoms with Crippen LogP contribution < -0.4 is 5.32 Å². The summed E-state index contributed by atoms with van der Waals surface area (Å²) >= 11 is 0. The van der Waals surface area contributed by atoms with Crippen LogP contribution in [-0.2, 0) is 0 Å². The van der Waals surface area contributed by atoms with Crippen LogP contribution in [0.2, 0.25) is 0 Å². The number of imidazole rings is 1. The van der Waals surface area contributed by atoms with Crippen LogP contribution in [0.25, 0.3) is 0 Å². The minimum atomic E-state index is -0.893. The molecule has 2 unspecified atom stereocenters. The highest BCUT2D eigenvalue weighted by Gasteiger charge is 2.30. The molecule has 2 rings (SSSR count). The van der Waals surface area contributed by atoms with E-state index in [9.17, 15) is 10.2 Å². The monoisotopic (exact) mass is 170 g/mol. The maximum absolute atomic E-state index is 9.54. The topological polar surface area (TPSA) is 84.4 Å². The Labute approximate surface area is 68.8 Å². The number of aromatic nitrogens is 2. The van der Waals surface area contributed by atoms with Gasteiger partial charge in [0.05, 0.1) is 6.33 Å². The summed E-state index contributed by atoms with van der Waals surface area (Å²) < 4.78 is 0. The molecule has 6 heteroatoms.